The minimum atomic E-state index is -0.444. The molecule has 1 saturated heterocycles. The van der Waals surface area contributed by atoms with Crippen LogP contribution in [0.25, 0.3) is 6.08 Å². The third kappa shape index (κ3) is 5.76. The number of carbonyl (C=O) groups is 1. The number of hydrogen-bond donors (Lipinski definition) is 1. The highest BCUT2D eigenvalue weighted by Crippen LogP contribution is 2.15. The van der Waals surface area contributed by atoms with E-state index in [2.05, 4.69) is 34.5 Å². The molecule has 2 aromatic rings. The summed E-state index contributed by atoms with van der Waals surface area (Å²) in [5.74, 6) is -0.164. The molecule has 1 heterocycles. The highest BCUT2D eigenvalue weighted by atomic mass is 16.6. The number of nitrogens with zero attached hydrogens (tertiary/aromatic N) is 2. The summed E-state index contributed by atoms with van der Waals surface area (Å²) < 4.78 is 0. The topological polar surface area (TPSA) is 75.5 Å². The molecule has 0 bridgehead atoms. The molecule has 6 nitrogen and oxygen atoms in total. The van der Waals surface area contributed by atoms with Crippen LogP contribution in [0.15, 0.2) is 60.7 Å². The molecule has 1 amide bonds. The molecule has 0 atom stereocenters. The summed E-state index contributed by atoms with van der Waals surface area (Å²) in [7, 11) is 0. The Bertz CT molecular complexity index is 812. The van der Waals surface area contributed by atoms with E-state index < -0.39 is 4.92 Å². The summed E-state index contributed by atoms with van der Waals surface area (Å²) in [5, 5.41) is 13.8. The van der Waals surface area contributed by atoms with E-state index in [9.17, 15) is 14.9 Å². The van der Waals surface area contributed by atoms with E-state index in [1.807, 2.05) is 6.07 Å². The van der Waals surface area contributed by atoms with Crippen LogP contribution in [0, 0.1) is 10.1 Å². The monoisotopic (exact) mass is 365 g/mol. The van der Waals surface area contributed by atoms with E-state index in [0.29, 0.717) is 5.56 Å². The van der Waals surface area contributed by atoms with Crippen molar-refractivity contribution in [3.63, 3.8) is 0 Å². The zero-order valence-electron chi connectivity index (χ0n) is 15.1. The third-order valence-corrected chi connectivity index (χ3v) is 4.69. The van der Waals surface area contributed by atoms with Crippen molar-refractivity contribution >= 4 is 17.7 Å². The fourth-order valence-corrected chi connectivity index (χ4v) is 3.24. The van der Waals surface area contributed by atoms with Gasteiger partial charge in [0.2, 0.25) is 5.91 Å². The minimum Gasteiger partial charge on any atom is -0.350 e. The molecule has 1 fully saturated rings. The third-order valence-electron chi connectivity index (χ3n) is 4.69. The zero-order valence-corrected chi connectivity index (χ0v) is 15.1. The number of nitro benzene ring substituents is 1. The predicted molar refractivity (Wildman–Crippen MR) is 105 cm³/mol. The molecule has 6 heteroatoms. The first-order valence-electron chi connectivity index (χ1n) is 9.09. The summed E-state index contributed by atoms with van der Waals surface area (Å²) in [5.41, 5.74) is 1.96. The molecule has 140 valence electrons. The fraction of sp³-hybridized carbons (Fsp3) is 0.286. The van der Waals surface area contributed by atoms with Crippen LogP contribution < -0.4 is 5.32 Å². The number of rotatable bonds is 6. The molecular weight excluding hydrogens is 342 g/mol. The van der Waals surface area contributed by atoms with E-state index in [1.54, 1.807) is 18.2 Å². The zero-order chi connectivity index (χ0) is 19.1. The smallest absolute Gasteiger partial charge is 0.270 e. The molecule has 1 aliphatic heterocycles. The standard InChI is InChI=1S/C21H23N3O3/c25-21(10-9-17-7-4-8-20(15-17)24(26)27)22-19-11-13-23(14-12-19)16-18-5-2-1-3-6-18/h1-10,15,19H,11-14,16H2,(H,22,25)/b10-9+. The van der Waals surface area contributed by atoms with E-state index in [1.165, 1.54) is 23.8 Å². The largest absolute Gasteiger partial charge is 0.350 e. The van der Waals surface area contributed by atoms with Crippen molar-refractivity contribution in [1.29, 1.82) is 0 Å². The number of carbonyl (C=O) groups excluding carboxylic acids is 1. The average molecular weight is 365 g/mol. The van der Waals surface area contributed by atoms with Gasteiger partial charge in [-0.15, -0.1) is 0 Å². The van der Waals surface area contributed by atoms with E-state index in [-0.39, 0.29) is 17.6 Å². The number of likely N-dealkylation sites (tertiary alicyclic amines) is 1. The molecule has 0 radical (unpaired) electrons. The predicted octanol–water partition coefficient (Wildman–Crippen LogP) is 3.39. The highest BCUT2D eigenvalue weighted by molar-refractivity contribution is 5.92. The van der Waals surface area contributed by atoms with Crippen molar-refractivity contribution in [2.45, 2.75) is 25.4 Å². The molecule has 2 aromatic carbocycles. The van der Waals surface area contributed by atoms with Crippen molar-refractivity contribution in [1.82, 2.24) is 10.2 Å². The van der Waals surface area contributed by atoms with Crippen LogP contribution >= 0.6 is 0 Å². The van der Waals surface area contributed by atoms with Gasteiger partial charge in [-0.05, 0) is 30.0 Å². The van der Waals surface area contributed by atoms with Gasteiger partial charge in [-0.3, -0.25) is 19.8 Å². The normalized spacial score (nSPS) is 15.7. The first-order chi connectivity index (χ1) is 13.1. The van der Waals surface area contributed by atoms with Gasteiger partial charge in [0.15, 0.2) is 0 Å². The van der Waals surface area contributed by atoms with Crippen LogP contribution in [0.1, 0.15) is 24.0 Å². The van der Waals surface area contributed by atoms with Crippen LogP contribution in [0.4, 0.5) is 5.69 Å². The molecule has 0 aliphatic carbocycles. The Balaban J connectivity index is 1.45. The van der Waals surface area contributed by atoms with Gasteiger partial charge in [-0.1, -0.05) is 42.5 Å². The second-order valence-corrected chi connectivity index (χ2v) is 6.73. The maximum atomic E-state index is 12.1. The molecular formula is C21H23N3O3. The van der Waals surface area contributed by atoms with Gasteiger partial charge >= 0.3 is 0 Å². The molecule has 1 aliphatic rings. The summed E-state index contributed by atoms with van der Waals surface area (Å²) >= 11 is 0. The molecule has 3 rings (SSSR count). The number of hydrogen-bond acceptors (Lipinski definition) is 4. The van der Waals surface area contributed by atoms with E-state index in [4.69, 9.17) is 0 Å². The Kier molecular flexibility index (Phi) is 6.33. The molecule has 0 saturated carbocycles. The maximum absolute atomic E-state index is 12.1. The number of non-ortho nitro benzene ring substituents is 1. The summed E-state index contributed by atoms with van der Waals surface area (Å²) in [6.07, 6.45) is 4.88. The molecule has 27 heavy (non-hydrogen) atoms. The van der Waals surface area contributed by atoms with Gasteiger partial charge in [0.25, 0.3) is 5.69 Å². The van der Waals surface area contributed by atoms with Gasteiger partial charge < -0.3 is 5.32 Å². The number of benzene rings is 2. The van der Waals surface area contributed by atoms with Crippen LogP contribution in [-0.4, -0.2) is 34.9 Å². The molecule has 1 N–H and O–H groups in total. The summed E-state index contributed by atoms with van der Waals surface area (Å²) in [6, 6.07) is 16.8. The lowest BCUT2D eigenvalue weighted by atomic mass is 10.0. The number of nitrogens with one attached hydrogen (secondary N) is 1. The Morgan fingerprint density at radius 1 is 1.15 bits per heavy atom. The van der Waals surface area contributed by atoms with Crippen molar-refractivity contribution in [3.8, 4) is 0 Å². The van der Waals surface area contributed by atoms with Crippen molar-refractivity contribution in [2.24, 2.45) is 0 Å². The van der Waals surface area contributed by atoms with Gasteiger partial charge in [0.05, 0.1) is 4.92 Å². The average Bonchev–Trinajstić information content (AvgIpc) is 2.69. The van der Waals surface area contributed by atoms with Crippen LogP contribution in [0.2, 0.25) is 0 Å². The lowest BCUT2D eigenvalue weighted by Gasteiger charge is -2.32. The maximum Gasteiger partial charge on any atom is 0.270 e. The van der Waals surface area contributed by atoms with E-state index >= 15 is 0 Å². The molecule has 0 unspecified atom stereocenters. The van der Waals surface area contributed by atoms with Gasteiger partial charge in [0.1, 0.15) is 0 Å². The number of amides is 1. The first-order valence-corrected chi connectivity index (χ1v) is 9.09. The Morgan fingerprint density at radius 2 is 1.89 bits per heavy atom. The van der Waals surface area contributed by atoms with Crippen molar-refractivity contribution in [3.05, 3.63) is 81.9 Å². The summed E-state index contributed by atoms with van der Waals surface area (Å²) in [4.78, 5) is 24.9. The lowest BCUT2D eigenvalue weighted by molar-refractivity contribution is -0.384. The Labute approximate surface area is 158 Å². The number of piperidine rings is 1. The fourth-order valence-electron chi connectivity index (χ4n) is 3.24. The van der Waals surface area contributed by atoms with Crippen LogP contribution in [0.3, 0.4) is 0 Å². The Hall–Kier alpha value is -2.99. The van der Waals surface area contributed by atoms with E-state index in [0.717, 1.165) is 32.5 Å². The van der Waals surface area contributed by atoms with Crippen LogP contribution in [-0.2, 0) is 11.3 Å². The SMILES string of the molecule is O=C(/C=C/c1cccc([N+](=O)[O-])c1)NC1CCN(Cc2ccccc2)CC1. The van der Waals surface area contributed by atoms with Crippen molar-refractivity contribution < 1.29 is 9.72 Å². The molecule has 0 aromatic heterocycles. The lowest BCUT2D eigenvalue weighted by Crippen LogP contribution is -2.43. The highest BCUT2D eigenvalue weighted by Gasteiger charge is 2.20. The summed E-state index contributed by atoms with van der Waals surface area (Å²) in [6.45, 7) is 2.84. The molecule has 0 spiro atoms. The van der Waals surface area contributed by atoms with Gasteiger partial charge in [0, 0.05) is 43.9 Å². The first kappa shape index (κ1) is 18.8. The second kappa shape index (κ2) is 9.09. The quantitative estimate of drug-likeness (QED) is 0.484. The van der Waals surface area contributed by atoms with Gasteiger partial charge in [-0.25, -0.2) is 0 Å². The number of nitro groups is 1. The van der Waals surface area contributed by atoms with Crippen molar-refractivity contribution in [2.75, 3.05) is 13.1 Å². The second-order valence-electron chi connectivity index (χ2n) is 6.73. The minimum absolute atomic E-state index is 0.0170. The van der Waals surface area contributed by atoms with Crippen LogP contribution in [0.5, 0.6) is 0 Å². The Morgan fingerprint density at radius 3 is 2.59 bits per heavy atom. The van der Waals surface area contributed by atoms with Gasteiger partial charge in [-0.2, -0.15) is 0 Å².